The van der Waals surface area contributed by atoms with Gasteiger partial charge in [0, 0.05) is 6.26 Å². The van der Waals surface area contributed by atoms with E-state index < -0.39 is 73.4 Å². The van der Waals surface area contributed by atoms with E-state index in [1.165, 1.54) is 6.07 Å². The second kappa shape index (κ2) is 10.5. The van der Waals surface area contributed by atoms with Gasteiger partial charge >= 0.3 is 29.4 Å². The van der Waals surface area contributed by atoms with Gasteiger partial charge in [-0.2, -0.15) is 15.2 Å². The van der Waals surface area contributed by atoms with Gasteiger partial charge < -0.3 is 24.4 Å². The molecule has 1 unspecified atom stereocenters. The van der Waals surface area contributed by atoms with Gasteiger partial charge in [0.25, 0.3) is 5.16 Å². The molecule has 0 bridgehead atoms. The molecule has 0 saturated heterocycles. The summed E-state index contributed by atoms with van der Waals surface area (Å²) < 4.78 is 39.8. The average Bonchev–Trinajstić information content (AvgIpc) is 2.74. The van der Waals surface area contributed by atoms with Crippen molar-refractivity contribution in [2.75, 3.05) is 12.9 Å². The molecule has 16 heteroatoms. The van der Waals surface area contributed by atoms with Crippen molar-refractivity contribution < 1.29 is 47.4 Å². The zero-order valence-electron chi connectivity index (χ0n) is 19.3. The number of carbonyl (C=O) groups excluding carboxylic acids is 1. The van der Waals surface area contributed by atoms with Crippen molar-refractivity contribution in [3.05, 3.63) is 39.4 Å². The highest BCUT2D eigenvalue weighted by Crippen LogP contribution is 2.39. The summed E-state index contributed by atoms with van der Waals surface area (Å²) in [5.41, 5.74) is -2.50. The van der Waals surface area contributed by atoms with Crippen LogP contribution in [0.5, 0.6) is 17.5 Å². The van der Waals surface area contributed by atoms with E-state index >= 15 is 0 Å². The minimum Gasteiger partial charge on any atom is -0.478 e. The highest BCUT2D eigenvalue weighted by molar-refractivity contribution is 7.90. The lowest BCUT2D eigenvalue weighted by atomic mass is 10.1. The number of benzene rings is 1. The molecule has 1 atom stereocenters. The van der Waals surface area contributed by atoms with Crippen molar-refractivity contribution in [2.45, 2.75) is 37.6 Å². The topological polar surface area (TPSA) is 229 Å². The summed E-state index contributed by atoms with van der Waals surface area (Å²) in [7, 11) is -4.27. The smallest absolute Gasteiger partial charge is 0.392 e. The van der Waals surface area contributed by atoms with Crippen molar-refractivity contribution >= 4 is 27.5 Å². The third-order valence-corrected chi connectivity index (χ3v) is 4.79. The number of carboxylic acid groups (broad SMARTS) is 1. The quantitative estimate of drug-likeness (QED) is 0.203. The van der Waals surface area contributed by atoms with Gasteiger partial charge in [-0.05, 0) is 39.0 Å². The van der Waals surface area contributed by atoms with Gasteiger partial charge in [-0.3, -0.25) is 10.1 Å². The summed E-state index contributed by atoms with van der Waals surface area (Å²) in [5.74, 6) is -5.32. The number of nitro groups is 1. The molecule has 0 saturated carbocycles. The van der Waals surface area contributed by atoms with Gasteiger partial charge in [-0.15, -0.1) is 0 Å². The standard InChI is InChI=1S/C20H20N4O11S/c1-20(2,3)35-18(28)11-6-5-10(8-21)7-12(11)33-15-14(24(29)30)16(34-13(9-25)17(26)27)23-19(22-15)36(4,31)32/h5-7,13,25H,9H2,1-4H3,(H,26,27). The molecule has 1 heterocycles. The molecule has 0 amide bonds. The minimum absolute atomic E-state index is 0.0416. The van der Waals surface area contributed by atoms with Crippen LogP contribution in [0.2, 0.25) is 0 Å². The van der Waals surface area contributed by atoms with Crippen molar-refractivity contribution in [3.8, 4) is 23.6 Å². The number of nitriles is 1. The Morgan fingerprint density at radius 1 is 1.25 bits per heavy atom. The highest BCUT2D eigenvalue weighted by Gasteiger charge is 2.35. The van der Waals surface area contributed by atoms with Crippen LogP contribution in [0.25, 0.3) is 0 Å². The second-order valence-corrected chi connectivity index (χ2v) is 9.96. The van der Waals surface area contributed by atoms with Crippen LogP contribution in [-0.4, -0.2) is 70.0 Å². The van der Waals surface area contributed by atoms with Gasteiger partial charge in [0.05, 0.1) is 23.2 Å². The molecule has 1 aromatic heterocycles. The summed E-state index contributed by atoms with van der Waals surface area (Å²) in [4.78, 5) is 41.6. The number of aliphatic carboxylic acids is 1. The van der Waals surface area contributed by atoms with Gasteiger partial charge in [0.1, 0.15) is 16.9 Å². The summed E-state index contributed by atoms with van der Waals surface area (Å²) in [6.07, 6.45) is -1.40. The first-order valence-corrected chi connectivity index (χ1v) is 11.7. The third kappa shape index (κ3) is 6.84. The number of rotatable bonds is 9. The van der Waals surface area contributed by atoms with Crippen LogP contribution in [-0.2, 0) is 19.4 Å². The molecule has 15 nitrogen and oxygen atoms in total. The monoisotopic (exact) mass is 524 g/mol. The number of hydrogen-bond acceptors (Lipinski definition) is 13. The lowest BCUT2D eigenvalue weighted by molar-refractivity contribution is -0.387. The molecular weight excluding hydrogens is 504 g/mol. The summed E-state index contributed by atoms with van der Waals surface area (Å²) in [6.45, 7) is 3.58. The predicted molar refractivity (Wildman–Crippen MR) is 117 cm³/mol. The fourth-order valence-corrected chi connectivity index (χ4v) is 2.95. The summed E-state index contributed by atoms with van der Waals surface area (Å²) in [6, 6.07) is 5.21. The maximum absolute atomic E-state index is 12.7. The van der Waals surface area contributed by atoms with Gasteiger partial charge in [0.2, 0.25) is 15.9 Å². The minimum atomic E-state index is -4.27. The van der Waals surface area contributed by atoms with Gasteiger partial charge in [-0.25, -0.2) is 18.0 Å². The Kier molecular flexibility index (Phi) is 8.13. The molecule has 2 rings (SSSR count). The SMILES string of the molecule is CC(C)(C)OC(=O)c1ccc(C#N)cc1Oc1nc(S(C)(=O)=O)nc(OC(CO)C(=O)O)c1[N+](=O)[O-]. The van der Waals surface area contributed by atoms with Crippen molar-refractivity contribution in [1.29, 1.82) is 5.26 Å². The van der Waals surface area contributed by atoms with Gasteiger partial charge in [-0.1, -0.05) is 0 Å². The molecule has 2 N–H and O–H groups in total. The molecule has 0 aliphatic heterocycles. The summed E-state index contributed by atoms with van der Waals surface area (Å²) >= 11 is 0. The van der Waals surface area contributed by atoms with Gasteiger partial charge in [0.15, 0.2) is 0 Å². The van der Waals surface area contributed by atoms with Crippen LogP contribution < -0.4 is 9.47 Å². The fraction of sp³-hybridized carbons (Fsp3) is 0.350. The van der Waals surface area contributed by atoms with Crippen molar-refractivity contribution in [1.82, 2.24) is 9.97 Å². The molecule has 0 radical (unpaired) electrons. The number of aliphatic hydroxyl groups is 1. The normalized spacial score (nSPS) is 12.2. The molecular formula is C20H20N4O11S. The fourth-order valence-electron chi connectivity index (χ4n) is 2.45. The molecule has 36 heavy (non-hydrogen) atoms. The molecule has 1 aromatic carbocycles. The highest BCUT2D eigenvalue weighted by atomic mass is 32.2. The second-order valence-electron chi connectivity index (χ2n) is 8.05. The zero-order valence-corrected chi connectivity index (χ0v) is 20.1. The number of ether oxygens (including phenoxy) is 3. The average molecular weight is 524 g/mol. The number of carboxylic acids is 1. The molecule has 2 aromatic rings. The first kappa shape index (κ1) is 27.9. The maximum atomic E-state index is 12.7. The molecule has 0 spiro atoms. The van der Waals surface area contributed by atoms with E-state index in [1.54, 1.807) is 26.8 Å². The Bertz CT molecular complexity index is 1360. The van der Waals surface area contributed by atoms with E-state index in [0.29, 0.717) is 6.26 Å². The predicted octanol–water partition coefficient (Wildman–Crippen LogP) is 1.23. The number of aliphatic hydroxyl groups excluding tert-OH is 1. The van der Waals surface area contributed by atoms with Crippen LogP contribution in [0.15, 0.2) is 23.4 Å². The van der Waals surface area contributed by atoms with E-state index in [2.05, 4.69) is 9.97 Å². The van der Waals surface area contributed by atoms with Crippen molar-refractivity contribution in [3.63, 3.8) is 0 Å². The van der Waals surface area contributed by atoms with Crippen LogP contribution in [0.1, 0.15) is 36.7 Å². The number of nitrogens with zero attached hydrogens (tertiary/aromatic N) is 4. The Balaban J connectivity index is 2.80. The number of aromatic nitrogens is 2. The molecule has 0 aliphatic carbocycles. The molecule has 192 valence electrons. The van der Waals surface area contributed by atoms with Crippen LogP contribution >= 0.6 is 0 Å². The largest absolute Gasteiger partial charge is 0.478 e. The number of hydrogen-bond donors (Lipinski definition) is 2. The zero-order chi connectivity index (χ0) is 27.4. The van der Waals surface area contributed by atoms with E-state index in [4.69, 9.17) is 19.3 Å². The first-order chi connectivity index (χ1) is 16.6. The number of sulfone groups is 1. The van der Waals surface area contributed by atoms with Crippen molar-refractivity contribution in [2.24, 2.45) is 0 Å². The molecule has 0 fully saturated rings. The Labute approximate surface area is 204 Å². The van der Waals surface area contributed by atoms with E-state index in [-0.39, 0.29) is 11.1 Å². The lowest BCUT2D eigenvalue weighted by Gasteiger charge is -2.20. The van der Waals surface area contributed by atoms with Crippen LogP contribution in [0, 0.1) is 21.4 Å². The van der Waals surface area contributed by atoms with Crippen LogP contribution in [0.4, 0.5) is 5.69 Å². The van der Waals surface area contributed by atoms with E-state index in [1.807, 2.05) is 0 Å². The van der Waals surface area contributed by atoms with E-state index in [0.717, 1.165) is 12.1 Å². The van der Waals surface area contributed by atoms with Crippen LogP contribution in [0.3, 0.4) is 0 Å². The lowest BCUT2D eigenvalue weighted by Crippen LogP contribution is -2.31. The Morgan fingerprint density at radius 2 is 1.86 bits per heavy atom. The van der Waals surface area contributed by atoms with E-state index in [9.17, 15) is 38.5 Å². The molecule has 0 aliphatic rings. The maximum Gasteiger partial charge on any atom is 0.392 e. The third-order valence-electron chi connectivity index (χ3n) is 3.95. The summed E-state index contributed by atoms with van der Waals surface area (Å²) in [5, 5.41) is 38.3. The number of esters is 1. The number of carbonyl (C=O) groups is 2. The Hall–Kier alpha value is -4.36. The Morgan fingerprint density at radius 3 is 2.33 bits per heavy atom. The first-order valence-electron chi connectivity index (χ1n) is 9.79.